The van der Waals surface area contributed by atoms with Gasteiger partial charge in [0.05, 0.1) is 0 Å². The molecular formula is C11H16N4. The molecule has 0 spiro atoms. The molecule has 80 valence electrons. The molecule has 1 heterocycles. The Hall–Kier alpha value is -1.63. The Morgan fingerprint density at radius 3 is 2.60 bits per heavy atom. The minimum absolute atomic E-state index is 0.328. The standard InChI is InChI=1S/C11H16N4/c1-4-9(8(2)3)15-11-10(7-12)13-5-6-14-11/h5-6,8-9H,4H2,1-3H3,(H,14,15). The van der Waals surface area contributed by atoms with Crippen LogP contribution in [-0.4, -0.2) is 16.0 Å². The molecule has 1 unspecified atom stereocenters. The Labute approximate surface area is 90.4 Å². The Balaban J connectivity index is 2.84. The van der Waals surface area contributed by atoms with Crippen molar-refractivity contribution < 1.29 is 0 Å². The molecule has 1 atom stereocenters. The lowest BCUT2D eigenvalue weighted by molar-refractivity contribution is 0.509. The van der Waals surface area contributed by atoms with Crippen LogP contribution in [0.5, 0.6) is 0 Å². The van der Waals surface area contributed by atoms with Crippen molar-refractivity contribution in [1.82, 2.24) is 9.97 Å². The zero-order valence-electron chi connectivity index (χ0n) is 9.36. The summed E-state index contributed by atoms with van der Waals surface area (Å²) in [5.41, 5.74) is 0.358. The number of nitrogens with zero attached hydrogens (tertiary/aromatic N) is 3. The van der Waals surface area contributed by atoms with Crippen molar-refractivity contribution in [2.45, 2.75) is 33.2 Å². The maximum atomic E-state index is 8.85. The molecule has 0 bridgehead atoms. The van der Waals surface area contributed by atoms with Gasteiger partial charge in [-0.1, -0.05) is 20.8 Å². The summed E-state index contributed by atoms with van der Waals surface area (Å²) in [7, 11) is 0. The molecule has 1 aromatic rings. The number of aromatic nitrogens is 2. The molecule has 0 aliphatic carbocycles. The summed E-state index contributed by atoms with van der Waals surface area (Å²) in [4.78, 5) is 8.08. The fourth-order valence-corrected chi connectivity index (χ4v) is 1.44. The van der Waals surface area contributed by atoms with Crippen LogP contribution in [0.25, 0.3) is 0 Å². The highest BCUT2D eigenvalue weighted by molar-refractivity contribution is 5.47. The number of nitrogens with one attached hydrogen (secondary N) is 1. The molecule has 0 saturated heterocycles. The maximum absolute atomic E-state index is 8.85. The summed E-state index contributed by atoms with van der Waals surface area (Å²) in [6.07, 6.45) is 4.12. The molecule has 1 N–H and O–H groups in total. The lowest BCUT2D eigenvalue weighted by atomic mass is 10.0. The van der Waals surface area contributed by atoms with Crippen LogP contribution in [0.15, 0.2) is 12.4 Å². The van der Waals surface area contributed by atoms with E-state index in [4.69, 9.17) is 5.26 Å². The van der Waals surface area contributed by atoms with Gasteiger partial charge in [0.25, 0.3) is 0 Å². The molecule has 1 aromatic heterocycles. The van der Waals surface area contributed by atoms with Crippen LogP contribution in [0.2, 0.25) is 0 Å². The number of anilines is 1. The summed E-state index contributed by atoms with van der Waals surface area (Å²) in [5.74, 6) is 1.09. The van der Waals surface area contributed by atoms with Gasteiger partial charge in [0, 0.05) is 18.4 Å². The molecule has 4 nitrogen and oxygen atoms in total. The zero-order chi connectivity index (χ0) is 11.3. The van der Waals surface area contributed by atoms with E-state index in [1.165, 1.54) is 6.20 Å². The van der Waals surface area contributed by atoms with E-state index in [0.29, 0.717) is 23.5 Å². The van der Waals surface area contributed by atoms with E-state index in [2.05, 4.69) is 36.1 Å². The van der Waals surface area contributed by atoms with Crippen molar-refractivity contribution in [3.8, 4) is 6.07 Å². The lowest BCUT2D eigenvalue weighted by Crippen LogP contribution is -2.25. The van der Waals surface area contributed by atoms with E-state index in [-0.39, 0.29) is 0 Å². The predicted molar refractivity (Wildman–Crippen MR) is 59.3 cm³/mol. The summed E-state index contributed by atoms with van der Waals surface area (Å²) in [5, 5.41) is 12.1. The topological polar surface area (TPSA) is 61.6 Å². The first-order valence-corrected chi connectivity index (χ1v) is 5.16. The first-order valence-electron chi connectivity index (χ1n) is 5.16. The highest BCUT2D eigenvalue weighted by Gasteiger charge is 2.13. The second-order valence-corrected chi connectivity index (χ2v) is 3.77. The summed E-state index contributed by atoms with van der Waals surface area (Å²) in [6.45, 7) is 6.40. The minimum atomic E-state index is 0.328. The summed E-state index contributed by atoms with van der Waals surface area (Å²) < 4.78 is 0. The molecule has 15 heavy (non-hydrogen) atoms. The van der Waals surface area contributed by atoms with Gasteiger partial charge in [-0.05, 0) is 12.3 Å². The molecule has 1 rings (SSSR count). The molecule has 0 amide bonds. The van der Waals surface area contributed by atoms with Gasteiger partial charge in [0.1, 0.15) is 6.07 Å². The molecule has 0 aromatic carbocycles. The highest BCUT2D eigenvalue weighted by Crippen LogP contribution is 2.14. The third-order valence-corrected chi connectivity index (χ3v) is 2.37. The fourth-order valence-electron chi connectivity index (χ4n) is 1.44. The molecule has 4 heteroatoms. The monoisotopic (exact) mass is 204 g/mol. The third kappa shape index (κ3) is 2.91. The fraction of sp³-hybridized carbons (Fsp3) is 0.545. The van der Waals surface area contributed by atoms with Crippen molar-refractivity contribution >= 4 is 5.82 Å². The molecule has 0 saturated carbocycles. The van der Waals surface area contributed by atoms with Gasteiger partial charge in [-0.2, -0.15) is 5.26 Å². The number of hydrogen-bond donors (Lipinski definition) is 1. The first kappa shape index (κ1) is 11.4. The van der Waals surface area contributed by atoms with Gasteiger partial charge in [-0.15, -0.1) is 0 Å². The Morgan fingerprint density at radius 2 is 2.07 bits per heavy atom. The second kappa shape index (κ2) is 5.30. The Bertz CT molecular complexity index is 354. The lowest BCUT2D eigenvalue weighted by Gasteiger charge is -2.21. The van der Waals surface area contributed by atoms with E-state index in [1.54, 1.807) is 6.20 Å². The van der Waals surface area contributed by atoms with E-state index in [1.807, 2.05) is 6.07 Å². The van der Waals surface area contributed by atoms with Crippen molar-refractivity contribution in [3.05, 3.63) is 18.1 Å². The highest BCUT2D eigenvalue weighted by atomic mass is 15.0. The largest absolute Gasteiger partial charge is 0.365 e. The van der Waals surface area contributed by atoms with Crippen LogP contribution in [0, 0.1) is 17.2 Å². The molecule has 0 fully saturated rings. The van der Waals surface area contributed by atoms with Crippen LogP contribution < -0.4 is 5.32 Å². The SMILES string of the molecule is CCC(Nc1nccnc1C#N)C(C)C. The van der Waals surface area contributed by atoms with Gasteiger partial charge in [0.2, 0.25) is 0 Å². The molecule has 0 aliphatic heterocycles. The Morgan fingerprint density at radius 1 is 1.40 bits per heavy atom. The molecule has 0 aliphatic rings. The van der Waals surface area contributed by atoms with Crippen molar-refractivity contribution in [3.63, 3.8) is 0 Å². The van der Waals surface area contributed by atoms with Gasteiger partial charge in [-0.3, -0.25) is 0 Å². The molecule has 0 radical (unpaired) electrons. The van der Waals surface area contributed by atoms with Crippen LogP contribution in [0.1, 0.15) is 32.9 Å². The predicted octanol–water partition coefficient (Wildman–Crippen LogP) is 2.19. The van der Waals surface area contributed by atoms with E-state index >= 15 is 0 Å². The normalized spacial score (nSPS) is 12.2. The van der Waals surface area contributed by atoms with Crippen LogP contribution in [0.4, 0.5) is 5.82 Å². The number of nitriles is 1. The Kier molecular flexibility index (Phi) is 4.04. The third-order valence-electron chi connectivity index (χ3n) is 2.37. The average molecular weight is 204 g/mol. The summed E-state index contributed by atoms with van der Waals surface area (Å²) in [6, 6.07) is 2.36. The van der Waals surface area contributed by atoms with Gasteiger partial charge in [0.15, 0.2) is 11.5 Å². The number of hydrogen-bond acceptors (Lipinski definition) is 4. The van der Waals surface area contributed by atoms with Gasteiger partial charge in [-0.25, -0.2) is 9.97 Å². The van der Waals surface area contributed by atoms with E-state index < -0.39 is 0 Å². The molecular weight excluding hydrogens is 188 g/mol. The van der Waals surface area contributed by atoms with Crippen LogP contribution >= 0.6 is 0 Å². The second-order valence-electron chi connectivity index (χ2n) is 3.77. The average Bonchev–Trinajstić information content (AvgIpc) is 2.25. The summed E-state index contributed by atoms with van der Waals surface area (Å²) >= 11 is 0. The quantitative estimate of drug-likeness (QED) is 0.816. The van der Waals surface area contributed by atoms with E-state index in [9.17, 15) is 0 Å². The van der Waals surface area contributed by atoms with Crippen molar-refractivity contribution in [2.24, 2.45) is 5.92 Å². The van der Waals surface area contributed by atoms with Crippen LogP contribution in [0.3, 0.4) is 0 Å². The van der Waals surface area contributed by atoms with Gasteiger partial charge < -0.3 is 5.32 Å². The first-order chi connectivity index (χ1) is 7.19. The van der Waals surface area contributed by atoms with Crippen molar-refractivity contribution in [1.29, 1.82) is 5.26 Å². The minimum Gasteiger partial charge on any atom is -0.365 e. The van der Waals surface area contributed by atoms with E-state index in [0.717, 1.165) is 6.42 Å². The van der Waals surface area contributed by atoms with Gasteiger partial charge >= 0.3 is 0 Å². The zero-order valence-corrected chi connectivity index (χ0v) is 9.36. The number of rotatable bonds is 4. The van der Waals surface area contributed by atoms with Crippen molar-refractivity contribution in [2.75, 3.05) is 5.32 Å². The maximum Gasteiger partial charge on any atom is 0.182 e. The smallest absolute Gasteiger partial charge is 0.182 e. The van der Waals surface area contributed by atoms with Crippen LogP contribution in [-0.2, 0) is 0 Å².